The predicted octanol–water partition coefficient (Wildman–Crippen LogP) is 7.03. The summed E-state index contributed by atoms with van der Waals surface area (Å²) in [5.74, 6) is -1.18. The molecule has 1 unspecified atom stereocenters. The summed E-state index contributed by atoms with van der Waals surface area (Å²) in [6, 6.07) is 5.81. The van der Waals surface area contributed by atoms with E-state index in [1.807, 2.05) is 35.2 Å². The minimum atomic E-state index is -0.792. The van der Waals surface area contributed by atoms with Crippen LogP contribution in [0.3, 0.4) is 0 Å². The number of ether oxygens (including phenoxy) is 3. The first kappa shape index (κ1) is 34.6. The maximum absolute atomic E-state index is 12.1. The molecule has 0 aromatic carbocycles. The normalized spacial score (nSPS) is 11.6. The van der Waals surface area contributed by atoms with Gasteiger partial charge in [0.2, 0.25) is 0 Å². The molecule has 0 amide bonds. The number of nitrogens with zero attached hydrogens (tertiary/aromatic N) is 1. The lowest BCUT2D eigenvalue weighted by Crippen LogP contribution is -2.33. The summed E-state index contributed by atoms with van der Waals surface area (Å²) in [7, 11) is 0. The van der Waals surface area contributed by atoms with Gasteiger partial charge < -0.3 is 14.2 Å². The van der Waals surface area contributed by atoms with E-state index in [1.165, 1.54) is 84.0 Å². The molecule has 0 N–H and O–H groups in total. The molecule has 0 fully saturated rings. The Morgan fingerprint density at radius 3 is 1.51 bits per heavy atom. The van der Waals surface area contributed by atoms with Crippen LogP contribution in [-0.4, -0.2) is 37.2 Å². The zero-order valence-corrected chi connectivity index (χ0v) is 24.7. The number of hydrogen-bond acceptors (Lipinski definition) is 6. The van der Waals surface area contributed by atoms with Gasteiger partial charge >= 0.3 is 17.9 Å². The Balaban J connectivity index is 2.02. The fourth-order valence-electron chi connectivity index (χ4n) is 4.50. The summed E-state index contributed by atoms with van der Waals surface area (Å²) in [6.07, 6.45) is 23.5. The Hall–Kier alpha value is -2.44. The average molecular weight is 549 g/mol. The van der Waals surface area contributed by atoms with Gasteiger partial charge in [0.15, 0.2) is 18.5 Å². The van der Waals surface area contributed by atoms with Crippen LogP contribution >= 0.6 is 0 Å². The Morgan fingerprint density at radius 1 is 0.615 bits per heavy atom. The fourth-order valence-corrected chi connectivity index (χ4v) is 4.50. The van der Waals surface area contributed by atoms with Crippen LogP contribution in [0.25, 0.3) is 0 Å². The van der Waals surface area contributed by atoms with Crippen LogP contribution in [-0.2, 0) is 35.1 Å². The van der Waals surface area contributed by atoms with Crippen molar-refractivity contribution in [3.63, 3.8) is 0 Å². The van der Waals surface area contributed by atoms with Crippen LogP contribution in [0, 0.1) is 0 Å². The van der Waals surface area contributed by atoms with E-state index in [4.69, 9.17) is 14.2 Å². The molecule has 222 valence electrons. The first-order chi connectivity index (χ1) is 19.0. The largest absolute Gasteiger partial charge is 0.462 e. The van der Waals surface area contributed by atoms with E-state index in [0.717, 1.165) is 19.3 Å². The number of aromatic nitrogens is 1. The van der Waals surface area contributed by atoms with Crippen LogP contribution in [0.4, 0.5) is 0 Å². The number of carbonyl (C=O) groups is 3. The molecule has 1 aromatic rings. The lowest BCUT2D eigenvalue weighted by atomic mass is 10.0. The number of esters is 3. The lowest BCUT2D eigenvalue weighted by Gasteiger charge is -2.17. The molecule has 0 radical (unpaired) electrons. The third-order valence-electron chi connectivity index (χ3n) is 6.75. The van der Waals surface area contributed by atoms with Crippen molar-refractivity contribution in [1.29, 1.82) is 0 Å². The fraction of sp³-hybridized carbons (Fsp3) is 0.750. The number of rotatable bonds is 25. The second-order valence-electron chi connectivity index (χ2n) is 10.5. The summed E-state index contributed by atoms with van der Waals surface area (Å²) >= 11 is 0. The summed E-state index contributed by atoms with van der Waals surface area (Å²) in [4.78, 5) is 35.6. The first-order valence-electron chi connectivity index (χ1n) is 15.4. The molecule has 0 saturated heterocycles. The number of unbranched alkanes of at least 4 members (excludes halogenated alkanes) is 14. The van der Waals surface area contributed by atoms with Crippen molar-refractivity contribution in [2.75, 3.05) is 13.2 Å². The van der Waals surface area contributed by atoms with Crippen molar-refractivity contribution < 1.29 is 33.2 Å². The van der Waals surface area contributed by atoms with Gasteiger partial charge in [-0.25, -0.2) is 4.57 Å². The molecule has 39 heavy (non-hydrogen) atoms. The van der Waals surface area contributed by atoms with Crippen molar-refractivity contribution >= 4 is 17.9 Å². The maximum Gasteiger partial charge on any atom is 0.306 e. The molecule has 0 aliphatic heterocycles. The highest BCUT2D eigenvalue weighted by molar-refractivity contribution is 5.70. The highest BCUT2D eigenvalue weighted by Crippen LogP contribution is 2.14. The van der Waals surface area contributed by atoms with E-state index >= 15 is 0 Å². The van der Waals surface area contributed by atoms with Gasteiger partial charge in [-0.2, -0.15) is 0 Å². The van der Waals surface area contributed by atoms with E-state index in [9.17, 15) is 14.4 Å². The second-order valence-corrected chi connectivity index (χ2v) is 10.5. The smallest absolute Gasteiger partial charge is 0.306 e. The molecule has 0 spiro atoms. The minimum absolute atomic E-state index is 0.107. The highest BCUT2D eigenvalue weighted by Gasteiger charge is 2.18. The van der Waals surface area contributed by atoms with Crippen molar-refractivity contribution in [3.05, 3.63) is 30.6 Å². The van der Waals surface area contributed by atoms with Gasteiger partial charge in [-0.15, -0.1) is 0 Å². The van der Waals surface area contributed by atoms with Gasteiger partial charge in [0, 0.05) is 31.9 Å². The van der Waals surface area contributed by atoms with Crippen LogP contribution < -0.4 is 4.57 Å². The molecule has 0 bridgehead atoms. The van der Waals surface area contributed by atoms with Gasteiger partial charge in [0.1, 0.15) is 19.8 Å². The van der Waals surface area contributed by atoms with Gasteiger partial charge in [0.05, 0.1) is 6.42 Å². The van der Waals surface area contributed by atoms with Crippen molar-refractivity contribution in [2.45, 2.75) is 142 Å². The Bertz CT molecular complexity index is 754. The number of carbonyl (C=O) groups excluding carboxylic acids is 3. The molecule has 0 saturated carbocycles. The highest BCUT2D eigenvalue weighted by atomic mass is 16.6. The summed E-state index contributed by atoms with van der Waals surface area (Å²) in [5, 5.41) is 0. The first-order valence-corrected chi connectivity index (χ1v) is 15.4. The van der Waals surface area contributed by atoms with E-state index < -0.39 is 12.1 Å². The van der Waals surface area contributed by atoms with Crippen molar-refractivity contribution in [3.8, 4) is 0 Å². The third kappa shape index (κ3) is 22.1. The molecule has 0 aliphatic carbocycles. The van der Waals surface area contributed by atoms with Crippen LogP contribution in [0.15, 0.2) is 30.6 Å². The Kier molecular flexibility index (Phi) is 21.8. The quantitative estimate of drug-likeness (QED) is 0.0564. The molecule has 1 aromatic heterocycles. The number of pyridine rings is 1. The molecule has 7 heteroatoms. The van der Waals surface area contributed by atoms with E-state index in [0.29, 0.717) is 19.4 Å². The zero-order chi connectivity index (χ0) is 28.4. The van der Waals surface area contributed by atoms with Gasteiger partial charge in [0.25, 0.3) is 0 Å². The van der Waals surface area contributed by atoms with Gasteiger partial charge in [-0.3, -0.25) is 14.4 Å². The van der Waals surface area contributed by atoms with Crippen LogP contribution in [0.5, 0.6) is 0 Å². The third-order valence-corrected chi connectivity index (χ3v) is 6.75. The standard InChI is InChI=1S/C32H54NO6/c1-3-4-5-6-7-8-9-10-11-12-13-14-15-16-18-22-31(35)37-27-30(39-29(2)34)28-38-32(36)23-21-26-33-24-19-17-20-25-33/h17,19-20,24-25,30H,3-16,18,21-23,26-28H2,1-2H3/q+1. The van der Waals surface area contributed by atoms with Gasteiger partial charge in [-0.05, 0) is 6.42 Å². The minimum Gasteiger partial charge on any atom is -0.462 e. The summed E-state index contributed by atoms with van der Waals surface area (Å²) in [5.41, 5.74) is 0. The van der Waals surface area contributed by atoms with Crippen molar-refractivity contribution in [2.24, 2.45) is 0 Å². The van der Waals surface area contributed by atoms with Crippen LogP contribution in [0.1, 0.15) is 129 Å². The van der Waals surface area contributed by atoms with Crippen LogP contribution in [0.2, 0.25) is 0 Å². The number of hydrogen-bond donors (Lipinski definition) is 0. The molecular weight excluding hydrogens is 494 g/mol. The van der Waals surface area contributed by atoms with E-state index in [2.05, 4.69) is 6.92 Å². The van der Waals surface area contributed by atoms with E-state index in [1.54, 1.807) is 0 Å². The predicted molar refractivity (Wildman–Crippen MR) is 153 cm³/mol. The number of aryl methyl sites for hydroxylation is 1. The monoisotopic (exact) mass is 548 g/mol. The second kappa shape index (κ2) is 24.6. The average Bonchev–Trinajstić information content (AvgIpc) is 2.92. The lowest BCUT2D eigenvalue weighted by molar-refractivity contribution is -0.697. The topological polar surface area (TPSA) is 82.8 Å². The molecule has 1 rings (SSSR count). The Labute approximate surface area is 237 Å². The molecule has 1 atom stereocenters. The molecular formula is C32H54NO6+. The molecule has 7 nitrogen and oxygen atoms in total. The van der Waals surface area contributed by atoms with Gasteiger partial charge in [-0.1, -0.05) is 103 Å². The zero-order valence-electron chi connectivity index (χ0n) is 24.7. The summed E-state index contributed by atoms with van der Waals surface area (Å²) < 4.78 is 17.7. The maximum atomic E-state index is 12.1. The summed E-state index contributed by atoms with van der Waals surface area (Å²) in [6.45, 7) is 4.02. The molecule has 0 aliphatic rings. The SMILES string of the molecule is CCCCCCCCCCCCCCCCCC(=O)OCC(COC(=O)CCC[n+]1ccccc1)OC(C)=O. The van der Waals surface area contributed by atoms with E-state index in [-0.39, 0.29) is 31.6 Å². The molecule has 1 heterocycles. The van der Waals surface area contributed by atoms with Crippen molar-refractivity contribution in [1.82, 2.24) is 0 Å². The Morgan fingerprint density at radius 2 is 1.05 bits per heavy atom.